The Hall–Kier alpha value is -2.81. The Balaban J connectivity index is 1.57. The molecule has 9 nitrogen and oxygen atoms in total. The molecular weight excluding hydrogens is 334 g/mol. The number of amides is 2. The van der Waals surface area contributed by atoms with Crippen molar-refractivity contribution in [2.75, 3.05) is 32.7 Å². The molecule has 0 bridgehead atoms. The van der Waals surface area contributed by atoms with E-state index in [1.165, 1.54) is 11.0 Å². The molecule has 1 N–H and O–H groups in total. The van der Waals surface area contributed by atoms with Crippen LogP contribution in [0.1, 0.15) is 24.2 Å². The van der Waals surface area contributed by atoms with Crippen molar-refractivity contribution in [2.24, 2.45) is 0 Å². The van der Waals surface area contributed by atoms with Crippen molar-refractivity contribution in [1.82, 2.24) is 35.3 Å². The Morgan fingerprint density at radius 2 is 1.96 bits per heavy atom. The van der Waals surface area contributed by atoms with Gasteiger partial charge in [-0.1, -0.05) is 6.07 Å². The third kappa shape index (κ3) is 4.42. The summed E-state index contributed by atoms with van der Waals surface area (Å²) in [5, 5.41) is 14.0. The van der Waals surface area contributed by atoms with Gasteiger partial charge in [-0.2, -0.15) is 0 Å². The summed E-state index contributed by atoms with van der Waals surface area (Å²) in [5.74, 6) is 0.000116. The Bertz CT molecular complexity index is 752. The van der Waals surface area contributed by atoms with Gasteiger partial charge in [0.15, 0.2) is 0 Å². The number of carbonyl (C=O) groups is 2. The summed E-state index contributed by atoms with van der Waals surface area (Å²) in [6.07, 6.45) is 1.49. The molecule has 1 fully saturated rings. The minimum absolute atomic E-state index is 0.0220. The van der Waals surface area contributed by atoms with Gasteiger partial charge in [0.05, 0.1) is 12.2 Å². The second-order valence-electron chi connectivity index (χ2n) is 6.60. The van der Waals surface area contributed by atoms with E-state index >= 15 is 0 Å². The molecule has 1 aromatic heterocycles. The van der Waals surface area contributed by atoms with E-state index in [0.717, 1.165) is 5.69 Å². The molecule has 1 aromatic carbocycles. The fraction of sp³-hybridized carbons (Fsp3) is 0.471. The molecule has 2 aromatic rings. The molecule has 0 atom stereocenters. The smallest absolute Gasteiger partial charge is 0.254 e. The van der Waals surface area contributed by atoms with Crippen molar-refractivity contribution in [3.05, 3.63) is 36.2 Å². The lowest BCUT2D eigenvalue weighted by atomic mass is 10.1. The third-order valence-electron chi connectivity index (χ3n) is 4.18. The first-order valence-corrected chi connectivity index (χ1v) is 8.67. The van der Waals surface area contributed by atoms with E-state index in [9.17, 15) is 9.59 Å². The van der Waals surface area contributed by atoms with Crippen molar-refractivity contribution in [3.8, 4) is 5.69 Å². The van der Waals surface area contributed by atoms with Crippen LogP contribution < -0.4 is 5.32 Å². The van der Waals surface area contributed by atoms with E-state index in [0.29, 0.717) is 38.3 Å². The largest absolute Gasteiger partial charge is 0.353 e. The zero-order valence-electron chi connectivity index (χ0n) is 15.0. The molecule has 0 aliphatic carbocycles. The SMILES string of the molecule is CC(C)NC(=O)CN1CCN(C(=O)c2cccc(-n3cnnn3)c2)CC1. The Labute approximate surface area is 152 Å². The Morgan fingerprint density at radius 3 is 2.62 bits per heavy atom. The summed E-state index contributed by atoms with van der Waals surface area (Å²) in [7, 11) is 0. The van der Waals surface area contributed by atoms with E-state index in [1.54, 1.807) is 12.1 Å². The van der Waals surface area contributed by atoms with E-state index in [2.05, 4.69) is 25.7 Å². The van der Waals surface area contributed by atoms with E-state index < -0.39 is 0 Å². The molecule has 1 aliphatic rings. The number of benzene rings is 1. The summed E-state index contributed by atoms with van der Waals surface area (Å²) in [6, 6.07) is 7.37. The normalized spacial score (nSPS) is 15.3. The summed E-state index contributed by atoms with van der Waals surface area (Å²) >= 11 is 0. The highest BCUT2D eigenvalue weighted by Crippen LogP contribution is 2.13. The van der Waals surface area contributed by atoms with E-state index in [-0.39, 0.29) is 17.9 Å². The number of nitrogens with zero attached hydrogens (tertiary/aromatic N) is 6. The van der Waals surface area contributed by atoms with Gasteiger partial charge in [-0.3, -0.25) is 14.5 Å². The minimum atomic E-state index is -0.0220. The number of carbonyl (C=O) groups excluding carboxylic acids is 2. The van der Waals surface area contributed by atoms with Gasteiger partial charge in [0.25, 0.3) is 5.91 Å². The standard InChI is InChI=1S/C17H23N7O2/c1-13(2)19-16(25)11-22-6-8-23(9-7-22)17(26)14-4-3-5-15(10-14)24-12-18-20-21-24/h3-5,10,12-13H,6-9,11H2,1-2H3,(H,19,25). The highest BCUT2D eigenvalue weighted by molar-refractivity contribution is 5.94. The van der Waals surface area contributed by atoms with Gasteiger partial charge >= 0.3 is 0 Å². The lowest BCUT2D eigenvalue weighted by Gasteiger charge is -2.34. The van der Waals surface area contributed by atoms with Crippen LogP contribution in [0.15, 0.2) is 30.6 Å². The summed E-state index contributed by atoms with van der Waals surface area (Å²) in [4.78, 5) is 28.5. The lowest BCUT2D eigenvalue weighted by Crippen LogP contribution is -2.51. The predicted molar refractivity (Wildman–Crippen MR) is 94.8 cm³/mol. The van der Waals surface area contributed by atoms with Crippen LogP contribution in [0.5, 0.6) is 0 Å². The van der Waals surface area contributed by atoms with Crippen LogP contribution in [-0.4, -0.2) is 80.6 Å². The quantitative estimate of drug-likeness (QED) is 0.806. The minimum Gasteiger partial charge on any atom is -0.353 e. The van der Waals surface area contributed by atoms with Crippen LogP contribution in [0, 0.1) is 0 Å². The van der Waals surface area contributed by atoms with Crippen LogP contribution in [0.4, 0.5) is 0 Å². The van der Waals surface area contributed by atoms with E-state index in [4.69, 9.17) is 0 Å². The van der Waals surface area contributed by atoms with Gasteiger partial charge in [0.2, 0.25) is 5.91 Å². The second kappa shape index (κ2) is 8.05. The van der Waals surface area contributed by atoms with Crippen LogP contribution in [0.2, 0.25) is 0 Å². The first-order chi connectivity index (χ1) is 12.5. The van der Waals surface area contributed by atoms with E-state index in [1.807, 2.05) is 30.9 Å². The molecule has 138 valence electrons. The number of hydrogen-bond acceptors (Lipinski definition) is 6. The number of hydrogen-bond donors (Lipinski definition) is 1. The topological polar surface area (TPSA) is 96.2 Å². The van der Waals surface area contributed by atoms with Gasteiger partial charge < -0.3 is 10.2 Å². The molecular formula is C17H23N7O2. The molecule has 3 rings (SSSR count). The van der Waals surface area contributed by atoms with Crippen LogP contribution >= 0.6 is 0 Å². The summed E-state index contributed by atoms with van der Waals surface area (Å²) < 4.78 is 1.52. The maximum Gasteiger partial charge on any atom is 0.254 e. The zero-order chi connectivity index (χ0) is 18.5. The van der Waals surface area contributed by atoms with Crippen LogP contribution in [0.25, 0.3) is 5.69 Å². The fourth-order valence-corrected chi connectivity index (χ4v) is 2.92. The van der Waals surface area contributed by atoms with Crippen molar-refractivity contribution < 1.29 is 9.59 Å². The average molecular weight is 357 g/mol. The van der Waals surface area contributed by atoms with Crippen molar-refractivity contribution in [3.63, 3.8) is 0 Å². The molecule has 0 spiro atoms. The van der Waals surface area contributed by atoms with Crippen molar-refractivity contribution in [2.45, 2.75) is 19.9 Å². The van der Waals surface area contributed by atoms with Gasteiger partial charge in [-0.25, -0.2) is 4.68 Å². The summed E-state index contributed by atoms with van der Waals surface area (Å²) in [5.41, 5.74) is 1.34. The number of nitrogens with one attached hydrogen (secondary N) is 1. The van der Waals surface area contributed by atoms with Gasteiger partial charge in [-0.15, -0.1) is 5.10 Å². The van der Waals surface area contributed by atoms with Crippen LogP contribution in [-0.2, 0) is 4.79 Å². The Morgan fingerprint density at radius 1 is 1.19 bits per heavy atom. The maximum absolute atomic E-state index is 12.8. The van der Waals surface area contributed by atoms with Gasteiger partial charge in [-0.05, 0) is 42.5 Å². The number of piperazine rings is 1. The summed E-state index contributed by atoms with van der Waals surface area (Å²) in [6.45, 7) is 6.82. The van der Waals surface area contributed by atoms with Crippen molar-refractivity contribution >= 4 is 11.8 Å². The number of tetrazole rings is 1. The monoisotopic (exact) mass is 357 g/mol. The molecule has 2 amide bonds. The van der Waals surface area contributed by atoms with Gasteiger partial charge in [0, 0.05) is 37.8 Å². The molecule has 0 radical (unpaired) electrons. The van der Waals surface area contributed by atoms with Gasteiger partial charge in [0.1, 0.15) is 6.33 Å². The molecule has 0 unspecified atom stereocenters. The Kier molecular flexibility index (Phi) is 5.57. The molecule has 2 heterocycles. The highest BCUT2D eigenvalue weighted by Gasteiger charge is 2.23. The highest BCUT2D eigenvalue weighted by atomic mass is 16.2. The average Bonchev–Trinajstić information content (AvgIpc) is 3.16. The molecule has 1 saturated heterocycles. The second-order valence-corrected chi connectivity index (χ2v) is 6.60. The fourth-order valence-electron chi connectivity index (χ4n) is 2.92. The molecule has 9 heteroatoms. The third-order valence-corrected chi connectivity index (χ3v) is 4.18. The zero-order valence-corrected chi connectivity index (χ0v) is 15.0. The first-order valence-electron chi connectivity index (χ1n) is 8.67. The first kappa shape index (κ1) is 18.0. The number of aromatic nitrogens is 4. The lowest BCUT2D eigenvalue weighted by molar-refractivity contribution is -0.123. The maximum atomic E-state index is 12.8. The van der Waals surface area contributed by atoms with Crippen molar-refractivity contribution in [1.29, 1.82) is 0 Å². The molecule has 1 aliphatic heterocycles. The number of rotatable bonds is 5. The predicted octanol–water partition coefficient (Wildman–Crippen LogP) is -0.0553. The van der Waals surface area contributed by atoms with Crippen LogP contribution in [0.3, 0.4) is 0 Å². The molecule has 0 saturated carbocycles. The molecule has 26 heavy (non-hydrogen) atoms.